The van der Waals surface area contributed by atoms with Crippen LogP contribution in [0, 0.1) is 0 Å². The molecule has 3 rings (SSSR count). The number of ketones is 1. The van der Waals surface area contributed by atoms with Crippen LogP contribution in [0.15, 0.2) is 48.5 Å². The molecule has 0 aliphatic carbocycles. The third kappa shape index (κ3) is 3.84. The van der Waals surface area contributed by atoms with Gasteiger partial charge in [-0.3, -0.25) is 19.3 Å². The Bertz CT molecular complexity index is 876. The fourth-order valence-corrected chi connectivity index (χ4v) is 2.94. The topological polar surface area (TPSA) is 72.9 Å². The number of para-hydroxylation sites is 1. The number of hydrogen-bond acceptors (Lipinski definition) is 5. The van der Waals surface area contributed by atoms with E-state index in [9.17, 15) is 14.4 Å². The van der Waals surface area contributed by atoms with Crippen LogP contribution in [0.4, 0.5) is 0 Å². The normalized spacial score (nSPS) is 16.4. The number of ether oxygens (including phenoxy) is 2. The van der Waals surface area contributed by atoms with Crippen molar-refractivity contribution >= 4 is 17.6 Å². The number of fused-ring (bicyclic) bond motifs is 1. The maximum atomic E-state index is 12.9. The lowest BCUT2D eigenvalue weighted by molar-refractivity contribution is -0.135. The van der Waals surface area contributed by atoms with Gasteiger partial charge in [0.15, 0.2) is 11.9 Å². The molecular weight excluding hydrogens is 346 g/mol. The van der Waals surface area contributed by atoms with Gasteiger partial charge in [-0.1, -0.05) is 31.2 Å². The van der Waals surface area contributed by atoms with Gasteiger partial charge >= 0.3 is 0 Å². The molecule has 1 unspecified atom stereocenters. The minimum atomic E-state index is -0.805. The molecule has 1 aliphatic heterocycles. The summed E-state index contributed by atoms with van der Waals surface area (Å²) in [4.78, 5) is 39.4. The van der Waals surface area contributed by atoms with E-state index in [1.165, 1.54) is 0 Å². The molecule has 2 aromatic rings. The third-order valence-electron chi connectivity index (χ3n) is 4.31. The van der Waals surface area contributed by atoms with Crippen molar-refractivity contribution in [3.05, 3.63) is 59.7 Å². The second-order valence-electron chi connectivity index (χ2n) is 6.12. The molecule has 0 spiro atoms. The molecule has 0 fully saturated rings. The summed E-state index contributed by atoms with van der Waals surface area (Å²) in [5.74, 6) is -0.450. The summed E-state index contributed by atoms with van der Waals surface area (Å²) < 4.78 is 11.1. The van der Waals surface area contributed by atoms with Crippen LogP contribution in [0.3, 0.4) is 0 Å². The van der Waals surface area contributed by atoms with E-state index in [-0.39, 0.29) is 17.9 Å². The Morgan fingerprint density at radius 2 is 1.89 bits per heavy atom. The van der Waals surface area contributed by atoms with Gasteiger partial charge in [-0.25, -0.2) is 0 Å². The van der Waals surface area contributed by atoms with Gasteiger partial charge in [-0.05, 0) is 37.6 Å². The molecule has 6 nitrogen and oxygen atoms in total. The van der Waals surface area contributed by atoms with Gasteiger partial charge in [0, 0.05) is 5.56 Å². The molecule has 140 valence electrons. The van der Waals surface area contributed by atoms with E-state index in [4.69, 9.17) is 9.47 Å². The SMILES string of the molecule is CCOc1cccc(C(=O)CN2C(=O)c3ccccc3OC(CC)C2=O)c1. The second kappa shape index (κ2) is 8.03. The number of carbonyl (C=O) groups is 3. The highest BCUT2D eigenvalue weighted by Crippen LogP contribution is 2.26. The van der Waals surface area contributed by atoms with Crippen molar-refractivity contribution in [2.45, 2.75) is 26.4 Å². The summed E-state index contributed by atoms with van der Waals surface area (Å²) in [5, 5.41) is 0. The van der Waals surface area contributed by atoms with Gasteiger partial charge in [0.05, 0.1) is 18.7 Å². The highest BCUT2D eigenvalue weighted by molar-refractivity contribution is 6.12. The van der Waals surface area contributed by atoms with Crippen molar-refractivity contribution in [1.29, 1.82) is 0 Å². The minimum Gasteiger partial charge on any atom is -0.494 e. The summed E-state index contributed by atoms with van der Waals surface area (Å²) in [6.07, 6.45) is -0.412. The Hall–Kier alpha value is -3.15. The van der Waals surface area contributed by atoms with Crippen molar-refractivity contribution in [3.63, 3.8) is 0 Å². The summed E-state index contributed by atoms with van der Waals surface area (Å²) in [6.45, 7) is 3.78. The number of amides is 2. The minimum absolute atomic E-state index is 0.276. The zero-order valence-electron chi connectivity index (χ0n) is 15.3. The van der Waals surface area contributed by atoms with Crippen LogP contribution in [0.1, 0.15) is 41.0 Å². The average Bonchev–Trinajstić information content (AvgIpc) is 2.78. The van der Waals surface area contributed by atoms with E-state index < -0.39 is 17.9 Å². The van der Waals surface area contributed by atoms with Crippen LogP contribution in [0.2, 0.25) is 0 Å². The number of benzene rings is 2. The maximum Gasteiger partial charge on any atom is 0.270 e. The van der Waals surface area contributed by atoms with E-state index in [0.29, 0.717) is 30.1 Å². The summed E-state index contributed by atoms with van der Waals surface area (Å²) in [5.41, 5.74) is 0.658. The Morgan fingerprint density at radius 1 is 1.11 bits per heavy atom. The predicted molar refractivity (Wildman–Crippen MR) is 99.1 cm³/mol. The van der Waals surface area contributed by atoms with E-state index >= 15 is 0 Å². The van der Waals surface area contributed by atoms with E-state index in [2.05, 4.69) is 0 Å². The number of imide groups is 1. The van der Waals surface area contributed by atoms with Crippen LogP contribution >= 0.6 is 0 Å². The molecule has 6 heteroatoms. The van der Waals surface area contributed by atoms with Crippen molar-refractivity contribution in [2.24, 2.45) is 0 Å². The van der Waals surface area contributed by atoms with Gasteiger partial charge in [-0.15, -0.1) is 0 Å². The Morgan fingerprint density at radius 3 is 2.63 bits per heavy atom. The molecule has 2 amide bonds. The number of hydrogen-bond donors (Lipinski definition) is 0. The first-order valence-corrected chi connectivity index (χ1v) is 8.92. The summed E-state index contributed by atoms with van der Waals surface area (Å²) >= 11 is 0. The molecule has 2 aromatic carbocycles. The smallest absolute Gasteiger partial charge is 0.270 e. The fraction of sp³-hybridized carbons (Fsp3) is 0.286. The number of rotatable bonds is 6. The van der Waals surface area contributed by atoms with Gasteiger partial charge < -0.3 is 9.47 Å². The van der Waals surface area contributed by atoms with E-state index in [1.807, 2.05) is 6.92 Å². The van der Waals surface area contributed by atoms with E-state index in [1.54, 1.807) is 55.5 Å². The zero-order chi connectivity index (χ0) is 19.4. The molecule has 27 heavy (non-hydrogen) atoms. The lowest BCUT2D eigenvalue weighted by Gasteiger charge is -2.21. The van der Waals surface area contributed by atoms with Gasteiger partial charge in [0.1, 0.15) is 11.5 Å². The lowest BCUT2D eigenvalue weighted by Crippen LogP contribution is -2.45. The number of carbonyl (C=O) groups excluding carboxylic acids is 3. The van der Waals surface area contributed by atoms with Crippen molar-refractivity contribution < 1.29 is 23.9 Å². The van der Waals surface area contributed by atoms with Crippen molar-refractivity contribution in [3.8, 4) is 11.5 Å². The van der Waals surface area contributed by atoms with Crippen molar-refractivity contribution in [1.82, 2.24) is 4.90 Å². The largest absolute Gasteiger partial charge is 0.494 e. The van der Waals surface area contributed by atoms with E-state index in [0.717, 1.165) is 4.90 Å². The Kier molecular flexibility index (Phi) is 5.54. The van der Waals surface area contributed by atoms with Crippen molar-refractivity contribution in [2.75, 3.05) is 13.2 Å². The number of nitrogens with zero attached hydrogens (tertiary/aromatic N) is 1. The lowest BCUT2D eigenvalue weighted by atomic mass is 10.1. The molecule has 0 radical (unpaired) electrons. The highest BCUT2D eigenvalue weighted by Gasteiger charge is 2.36. The van der Waals surface area contributed by atoms with Crippen LogP contribution in [-0.4, -0.2) is 41.8 Å². The van der Waals surface area contributed by atoms with Crippen LogP contribution in [0.5, 0.6) is 11.5 Å². The van der Waals surface area contributed by atoms with Crippen LogP contribution in [-0.2, 0) is 4.79 Å². The standard InChI is InChI=1S/C21H21NO5/c1-3-18-21(25)22(20(24)16-10-5-6-11-19(16)27-18)13-17(23)14-8-7-9-15(12-14)26-4-2/h5-12,18H,3-4,13H2,1-2H3. The molecule has 1 aliphatic rings. The van der Waals surface area contributed by atoms with Gasteiger partial charge in [0.2, 0.25) is 0 Å². The highest BCUT2D eigenvalue weighted by atomic mass is 16.5. The predicted octanol–water partition coefficient (Wildman–Crippen LogP) is 3.11. The first kappa shape index (κ1) is 18.6. The molecular formula is C21H21NO5. The van der Waals surface area contributed by atoms with Gasteiger partial charge in [0.25, 0.3) is 11.8 Å². The molecule has 0 saturated carbocycles. The first-order valence-electron chi connectivity index (χ1n) is 8.92. The van der Waals surface area contributed by atoms with Crippen LogP contribution < -0.4 is 9.47 Å². The Balaban J connectivity index is 1.90. The third-order valence-corrected chi connectivity index (χ3v) is 4.31. The molecule has 0 bridgehead atoms. The monoisotopic (exact) mass is 367 g/mol. The first-order chi connectivity index (χ1) is 13.0. The quantitative estimate of drug-likeness (QED) is 0.579. The second-order valence-corrected chi connectivity index (χ2v) is 6.12. The molecule has 0 N–H and O–H groups in total. The Labute approximate surface area is 157 Å². The average molecular weight is 367 g/mol. The maximum absolute atomic E-state index is 12.9. The summed E-state index contributed by atoms with van der Waals surface area (Å²) in [6, 6.07) is 13.4. The molecule has 0 saturated heterocycles. The number of Topliss-reactive ketones (excluding diaryl/α,β-unsaturated/α-hetero) is 1. The summed E-state index contributed by atoms with van der Waals surface area (Å²) in [7, 11) is 0. The zero-order valence-corrected chi connectivity index (χ0v) is 15.3. The fourth-order valence-electron chi connectivity index (χ4n) is 2.94. The van der Waals surface area contributed by atoms with Crippen LogP contribution in [0.25, 0.3) is 0 Å². The molecule has 1 atom stereocenters. The van der Waals surface area contributed by atoms with Gasteiger partial charge in [-0.2, -0.15) is 0 Å². The molecule has 0 aromatic heterocycles. The molecule has 1 heterocycles.